The van der Waals surface area contributed by atoms with Crippen LogP contribution in [0.25, 0.3) is 48.0 Å². The molecule has 0 saturated heterocycles. The molecule has 6 heteroatoms. The summed E-state index contributed by atoms with van der Waals surface area (Å²) in [7, 11) is 0. The van der Waals surface area contributed by atoms with Gasteiger partial charge >= 0.3 is 0 Å². The number of rotatable bonds is 3. The van der Waals surface area contributed by atoms with Crippen LogP contribution in [0.4, 0.5) is 28.4 Å². The zero-order valence-corrected chi connectivity index (χ0v) is 39.7. The number of aromatic nitrogens is 1. The van der Waals surface area contributed by atoms with E-state index < -0.39 is 0 Å². The Balaban J connectivity index is 1.24. The molecule has 0 radical (unpaired) electrons. The van der Waals surface area contributed by atoms with E-state index in [1.807, 2.05) is 22.7 Å². The van der Waals surface area contributed by atoms with Gasteiger partial charge in [-0.2, -0.15) is 11.3 Å². The summed E-state index contributed by atoms with van der Waals surface area (Å²) in [6, 6.07) is 46.0. The fourth-order valence-corrected chi connectivity index (χ4v) is 14.8. The molecule has 0 spiro atoms. The van der Waals surface area contributed by atoms with Gasteiger partial charge in [0, 0.05) is 59.0 Å². The lowest BCUT2D eigenvalue weighted by Crippen LogP contribution is -2.59. The Bertz CT molecular complexity index is 3530. The maximum absolute atomic E-state index is 11.0. The van der Waals surface area contributed by atoms with Crippen molar-refractivity contribution < 1.29 is 2.74 Å². The van der Waals surface area contributed by atoms with E-state index in [2.05, 4.69) is 191 Å². The largest absolute Gasteiger partial charge is 0.334 e. The first-order chi connectivity index (χ1) is 31.6. The van der Waals surface area contributed by atoms with Gasteiger partial charge in [-0.05, 0) is 112 Å². The number of hydrogen-bond donors (Lipinski definition) is 0. The first-order valence-corrected chi connectivity index (χ1v) is 24.9. The van der Waals surface area contributed by atoms with Gasteiger partial charge in [0.2, 0.25) is 0 Å². The highest BCUT2D eigenvalue weighted by atomic mass is 32.1. The summed E-state index contributed by atoms with van der Waals surface area (Å²) in [4.78, 5) is 6.26. The van der Waals surface area contributed by atoms with Crippen molar-refractivity contribution in [1.82, 2.24) is 4.57 Å². The summed E-state index contributed by atoms with van der Waals surface area (Å²) in [6.45, 7) is 18.5. The summed E-state index contributed by atoms with van der Waals surface area (Å²) >= 11 is 3.79. The Morgan fingerprint density at radius 1 is 0.625 bits per heavy atom. The molecule has 2 atom stereocenters. The molecule has 4 aliphatic rings. The number of anilines is 5. The number of thiophene rings is 2. The molecule has 9 aromatic rings. The zero-order chi connectivity index (χ0) is 45.4. The third-order valence-electron chi connectivity index (χ3n) is 15.7. The number of hydrogen-bond acceptors (Lipinski definition) is 4. The third-order valence-corrected chi connectivity index (χ3v) is 18.6. The highest BCUT2D eigenvalue weighted by Gasteiger charge is 2.58. The molecular formula is C58H54BN3S2. The van der Waals surface area contributed by atoms with Gasteiger partial charge in [0.25, 0.3) is 6.71 Å². The first-order valence-electron chi connectivity index (χ1n) is 24.3. The van der Waals surface area contributed by atoms with Gasteiger partial charge in [-0.3, -0.25) is 0 Å². The average molecular weight is 870 g/mol. The zero-order valence-electron chi connectivity index (χ0n) is 40.1. The molecule has 3 nitrogen and oxygen atoms in total. The van der Waals surface area contributed by atoms with E-state index in [9.17, 15) is 2.74 Å². The van der Waals surface area contributed by atoms with E-state index in [1.165, 1.54) is 75.0 Å². The number of benzene rings is 6. The number of fused-ring (bicyclic) bond motifs is 12. The Morgan fingerprint density at radius 2 is 1.34 bits per heavy atom. The highest BCUT2D eigenvalue weighted by molar-refractivity contribution is 7.29. The molecule has 2 unspecified atom stereocenters. The van der Waals surface area contributed by atoms with Crippen molar-refractivity contribution in [3.8, 4) is 16.8 Å². The standard InChI is InChI=1S/C58H54BN3S2/c1-55(2,3)37-24-26-38(27-25-37)60-45-32-39(62-44-22-14-13-21-42(44)57(7)28-16-17-29-58(57,62)8)33-46-50(45)59(54-47(60)34-49(64-54)56(4,5)6)43-31-36(35-18-10-9-11-19-35)30-41-51(43)61(46)52-40-20-12-15-23-48(40)63-53(41)52/h9-15,18-27,30-34H,16-17,28-29H2,1-8H3/i32D,33D. The van der Waals surface area contributed by atoms with E-state index >= 15 is 0 Å². The van der Waals surface area contributed by atoms with Crippen molar-refractivity contribution in [3.63, 3.8) is 0 Å². The SMILES string of the molecule is [2H]c1c2c3c(c([2H])c1N1c4ccccc4C4(C)CCCCC14C)-n1c4c(cc(-c5ccccc5)cc4c4sc5ccccc5c41)B3c1sc(C(C)(C)C)cc1N2c1ccc(C(C)(C)C)cc1. The van der Waals surface area contributed by atoms with E-state index in [0.29, 0.717) is 17.8 Å². The van der Waals surface area contributed by atoms with Crippen LogP contribution in [0.15, 0.2) is 133 Å². The third kappa shape index (κ3) is 5.10. The van der Waals surface area contributed by atoms with Gasteiger partial charge in [0.05, 0.1) is 29.7 Å². The summed E-state index contributed by atoms with van der Waals surface area (Å²) in [5.74, 6) is 0. The molecule has 1 aliphatic carbocycles. The second kappa shape index (κ2) is 13.0. The predicted molar refractivity (Wildman–Crippen MR) is 279 cm³/mol. The van der Waals surface area contributed by atoms with Gasteiger partial charge in [-0.15, -0.1) is 11.3 Å². The minimum absolute atomic E-state index is 0.0157. The van der Waals surface area contributed by atoms with Crippen molar-refractivity contribution in [2.45, 2.75) is 103 Å². The maximum Gasteiger partial charge on any atom is 0.264 e. The van der Waals surface area contributed by atoms with E-state index in [0.717, 1.165) is 53.2 Å². The van der Waals surface area contributed by atoms with Gasteiger partial charge in [-0.1, -0.05) is 146 Å². The van der Waals surface area contributed by atoms with Crippen LogP contribution in [-0.2, 0) is 16.2 Å². The molecule has 3 aliphatic heterocycles. The van der Waals surface area contributed by atoms with Crippen LogP contribution in [0.3, 0.4) is 0 Å². The lowest BCUT2D eigenvalue weighted by Gasteiger charge is -2.50. The van der Waals surface area contributed by atoms with E-state index in [4.69, 9.17) is 0 Å². The topological polar surface area (TPSA) is 11.4 Å². The summed E-state index contributed by atoms with van der Waals surface area (Å²) in [6.07, 6.45) is 4.36. The first kappa shape index (κ1) is 36.7. The van der Waals surface area contributed by atoms with Gasteiger partial charge in [-0.25, -0.2) is 0 Å². The Labute approximate surface area is 388 Å². The van der Waals surface area contributed by atoms with E-state index in [-0.39, 0.29) is 28.5 Å². The minimum Gasteiger partial charge on any atom is -0.334 e. The molecule has 6 heterocycles. The summed E-state index contributed by atoms with van der Waals surface area (Å²) in [5.41, 5.74) is 15.0. The van der Waals surface area contributed by atoms with Crippen molar-refractivity contribution in [3.05, 3.63) is 149 Å². The highest BCUT2D eigenvalue weighted by Crippen LogP contribution is 2.61. The summed E-state index contributed by atoms with van der Waals surface area (Å²) < 4.78 is 28.3. The van der Waals surface area contributed by atoms with Crippen molar-refractivity contribution in [2.75, 3.05) is 9.80 Å². The lowest BCUT2D eigenvalue weighted by molar-refractivity contribution is 0.195. The van der Waals surface area contributed by atoms with Crippen LogP contribution in [0.5, 0.6) is 0 Å². The molecule has 64 heavy (non-hydrogen) atoms. The summed E-state index contributed by atoms with van der Waals surface area (Å²) in [5, 5.41) is 2.44. The van der Waals surface area contributed by atoms with Crippen molar-refractivity contribution in [2.24, 2.45) is 0 Å². The van der Waals surface area contributed by atoms with Crippen molar-refractivity contribution in [1.29, 1.82) is 0 Å². The van der Waals surface area contributed by atoms with Crippen LogP contribution in [0, 0.1) is 0 Å². The fraction of sp³-hybridized carbons (Fsp3) is 0.276. The molecule has 3 aromatic heterocycles. The molecule has 0 N–H and O–H groups in total. The maximum atomic E-state index is 11.0. The van der Waals surface area contributed by atoms with Crippen LogP contribution < -0.4 is 25.5 Å². The molecule has 13 rings (SSSR count). The predicted octanol–water partition coefficient (Wildman–Crippen LogP) is 14.7. The smallest absolute Gasteiger partial charge is 0.264 e. The molecule has 1 saturated carbocycles. The van der Waals surface area contributed by atoms with Crippen LogP contribution in [0.2, 0.25) is 0 Å². The van der Waals surface area contributed by atoms with E-state index in [1.54, 1.807) is 0 Å². The molecular weight excluding hydrogens is 814 g/mol. The Kier molecular flexibility index (Phi) is 7.49. The molecule has 316 valence electrons. The van der Waals surface area contributed by atoms with Crippen LogP contribution >= 0.6 is 22.7 Å². The monoisotopic (exact) mass is 869 g/mol. The van der Waals surface area contributed by atoms with Gasteiger partial charge in [0.1, 0.15) is 0 Å². The lowest BCUT2D eigenvalue weighted by atomic mass is 9.36. The van der Waals surface area contributed by atoms with Gasteiger partial charge < -0.3 is 14.4 Å². The molecule has 6 aromatic carbocycles. The normalized spacial score (nSPS) is 20.4. The van der Waals surface area contributed by atoms with Crippen molar-refractivity contribution >= 4 is 105 Å². The van der Waals surface area contributed by atoms with Crippen LogP contribution in [0.1, 0.15) is 99.8 Å². The quantitative estimate of drug-likeness (QED) is 0.164. The fourth-order valence-electron chi connectivity index (χ4n) is 12.2. The molecule has 0 bridgehead atoms. The molecule has 0 amide bonds. The average Bonchev–Trinajstić information content (AvgIpc) is 4.05. The second-order valence-corrected chi connectivity index (χ2v) is 23.6. The number of nitrogens with zero attached hydrogens (tertiary/aromatic N) is 3. The minimum atomic E-state index is -0.338. The Hall–Kier alpha value is -5.56. The second-order valence-electron chi connectivity index (χ2n) is 21.5. The molecule has 1 fully saturated rings. The van der Waals surface area contributed by atoms with Gasteiger partial charge in [0.15, 0.2) is 0 Å². The Morgan fingerprint density at radius 3 is 2.12 bits per heavy atom. The number of para-hydroxylation sites is 1. The van der Waals surface area contributed by atoms with Crippen LogP contribution in [-0.4, -0.2) is 16.8 Å².